The van der Waals surface area contributed by atoms with E-state index < -0.39 is 0 Å². The van der Waals surface area contributed by atoms with Gasteiger partial charge in [0.05, 0.1) is 12.2 Å². The Balaban J connectivity index is 0.00000133. The first-order valence-electron chi connectivity index (χ1n) is 6.25. The predicted molar refractivity (Wildman–Crippen MR) is 74.8 cm³/mol. The zero-order valence-electron chi connectivity index (χ0n) is 10.5. The van der Waals surface area contributed by atoms with Gasteiger partial charge in [-0.1, -0.05) is 12.1 Å². The maximum Gasteiger partial charge on any atom is 0.123 e. The molecule has 3 rings (SSSR count). The van der Waals surface area contributed by atoms with Crippen molar-refractivity contribution in [3.63, 3.8) is 0 Å². The van der Waals surface area contributed by atoms with Crippen LogP contribution in [-0.2, 0) is 6.54 Å². The fourth-order valence-electron chi connectivity index (χ4n) is 2.49. The van der Waals surface area contributed by atoms with E-state index in [0.29, 0.717) is 18.5 Å². The molecule has 1 aromatic heterocycles. The lowest BCUT2D eigenvalue weighted by Gasteiger charge is -2.35. The van der Waals surface area contributed by atoms with Gasteiger partial charge in [0, 0.05) is 18.3 Å². The van der Waals surface area contributed by atoms with Crippen LogP contribution in [0.5, 0.6) is 0 Å². The minimum Gasteiger partial charge on any atom is -0.326 e. The first-order valence-corrected chi connectivity index (χ1v) is 6.25. The smallest absolute Gasteiger partial charge is 0.123 e. The molecular formula is C14H17ClFN3. The second-order valence-electron chi connectivity index (χ2n) is 4.91. The van der Waals surface area contributed by atoms with Crippen molar-refractivity contribution in [2.45, 2.75) is 31.3 Å². The molecular weight excluding hydrogens is 265 g/mol. The Hall–Kier alpha value is -1.39. The Bertz CT molecular complexity index is 532. The van der Waals surface area contributed by atoms with Gasteiger partial charge in [-0.2, -0.15) is 5.10 Å². The van der Waals surface area contributed by atoms with E-state index in [2.05, 4.69) is 5.10 Å². The number of hydrogen-bond acceptors (Lipinski definition) is 2. The Morgan fingerprint density at radius 3 is 2.53 bits per heavy atom. The lowest BCUT2D eigenvalue weighted by Crippen LogP contribution is -2.25. The molecule has 0 aliphatic heterocycles. The van der Waals surface area contributed by atoms with Crippen LogP contribution >= 0.6 is 12.4 Å². The van der Waals surface area contributed by atoms with Crippen molar-refractivity contribution in [2.24, 2.45) is 5.73 Å². The fourth-order valence-corrected chi connectivity index (χ4v) is 2.49. The van der Waals surface area contributed by atoms with Crippen LogP contribution < -0.4 is 5.73 Å². The molecule has 1 heterocycles. The van der Waals surface area contributed by atoms with Gasteiger partial charge in [0.2, 0.25) is 0 Å². The maximum absolute atomic E-state index is 12.8. The van der Waals surface area contributed by atoms with Crippen molar-refractivity contribution in [1.82, 2.24) is 9.78 Å². The third kappa shape index (κ3) is 2.80. The van der Waals surface area contributed by atoms with Crippen molar-refractivity contribution in [3.8, 4) is 0 Å². The minimum atomic E-state index is -0.172. The third-order valence-electron chi connectivity index (χ3n) is 3.72. The van der Waals surface area contributed by atoms with Crippen LogP contribution in [0.1, 0.15) is 35.9 Å². The number of halogens is 2. The summed E-state index contributed by atoms with van der Waals surface area (Å²) in [6, 6.07) is 7.28. The molecule has 0 atom stereocenters. The van der Waals surface area contributed by atoms with Crippen LogP contribution in [0.25, 0.3) is 0 Å². The highest BCUT2D eigenvalue weighted by molar-refractivity contribution is 5.85. The second kappa shape index (κ2) is 5.72. The summed E-state index contributed by atoms with van der Waals surface area (Å²) in [5.41, 5.74) is 7.86. The van der Waals surface area contributed by atoms with E-state index in [1.165, 1.54) is 17.7 Å². The molecule has 19 heavy (non-hydrogen) atoms. The van der Waals surface area contributed by atoms with Gasteiger partial charge in [-0.25, -0.2) is 4.39 Å². The molecule has 3 nitrogen and oxygen atoms in total. The Morgan fingerprint density at radius 1 is 1.26 bits per heavy atom. The number of hydrogen-bond donors (Lipinski definition) is 1. The summed E-state index contributed by atoms with van der Waals surface area (Å²) in [6.07, 6.45) is 5.98. The molecule has 1 saturated carbocycles. The quantitative estimate of drug-likeness (QED) is 0.940. The number of nitrogens with zero attached hydrogens (tertiary/aromatic N) is 2. The molecule has 1 fully saturated rings. The summed E-state index contributed by atoms with van der Waals surface area (Å²) in [6.45, 7) is 0.536. The molecule has 1 aliphatic carbocycles. The van der Waals surface area contributed by atoms with E-state index in [9.17, 15) is 4.39 Å². The number of nitrogens with two attached hydrogens (primary N) is 1. The second-order valence-corrected chi connectivity index (χ2v) is 4.91. The van der Waals surface area contributed by atoms with Gasteiger partial charge in [0.15, 0.2) is 0 Å². The first-order chi connectivity index (χ1) is 8.76. The molecule has 1 aliphatic rings. The van der Waals surface area contributed by atoms with Crippen LogP contribution in [0, 0.1) is 5.82 Å². The van der Waals surface area contributed by atoms with E-state index in [-0.39, 0.29) is 18.2 Å². The monoisotopic (exact) mass is 281 g/mol. The lowest BCUT2D eigenvalue weighted by molar-refractivity contribution is 0.245. The normalized spacial score (nSPS) is 21.6. The number of aromatic nitrogens is 2. The van der Waals surface area contributed by atoms with Gasteiger partial charge in [0.25, 0.3) is 0 Å². The Kier molecular flexibility index (Phi) is 4.22. The van der Waals surface area contributed by atoms with Crippen molar-refractivity contribution < 1.29 is 4.39 Å². The predicted octanol–water partition coefficient (Wildman–Crippen LogP) is 3.02. The molecule has 0 unspecified atom stereocenters. The van der Waals surface area contributed by atoms with Crippen molar-refractivity contribution in [1.29, 1.82) is 0 Å². The van der Waals surface area contributed by atoms with Gasteiger partial charge in [0.1, 0.15) is 5.82 Å². The zero-order valence-corrected chi connectivity index (χ0v) is 11.3. The van der Waals surface area contributed by atoms with Gasteiger partial charge < -0.3 is 5.73 Å². The summed E-state index contributed by atoms with van der Waals surface area (Å²) >= 11 is 0. The van der Waals surface area contributed by atoms with Gasteiger partial charge in [-0.3, -0.25) is 4.68 Å². The number of benzene rings is 1. The van der Waals surface area contributed by atoms with Crippen LogP contribution in [0.4, 0.5) is 4.39 Å². The van der Waals surface area contributed by atoms with Gasteiger partial charge in [-0.15, -0.1) is 12.4 Å². The molecule has 5 heteroatoms. The highest BCUT2D eigenvalue weighted by Gasteiger charge is 2.31. The summed E-state index contributed by atoms with van der Waals surface area (Å²) in [7, 11) is 0. The summed E-state index contributed by atoms with van der Waals surface area (Å²) in [5, 5.41) is 4.33. The molecule has 0 amide bonds. The SMILES string of the molecule is Cl.NCc1cnn(C2CC(c3ccc(F)cc3)C2)c1. The summed E-state index contributed by atoms with van der Waals surface area (Å²) in [5.74, 6) is 0.357. The van der Waals surface area contributed by atoms with Crippen LogP contribution in [0.15, 0.2) is 36.7 Å². The Labute approximate surface area is 118 Å². The van der Waals surface area contributed by atoms with Gasteiger partial charge in [-0.05, 0) is 36.5 Å². The zero-order chi connectivity index (χ0) is 12.5. The van der Waals surface area contributed by atoms with Crippen LogP contribution in [-0.4, -0.2) is 9.78 Å². The van der Waals surface area contributed by atoms with Crippen molar-refractivity contribution >= 4 is 12.4 Å². The molecule has 0 saturated heterocycles. The molecule has 0 bridgehead atoms. The molecule has 0 spiro atoms. The van der Waals surface area contributed by atoms with Gasteiger partial charge >= 0.3 is 0 Å². The highest BCUT2D eigenvalue weighted by Crippen LogP contribution is 2.44. The molecule has 2 aromatic rings. The van der Waals surface area contributed by atoms with Crippen molar-refractivity contribution in [3.05, 3.63) is 53.6 Å². The largest absolute Gasteiger partial charge is 0.326 e. The number of rotatable bonds is 3. The fraction of sp³-hybridized carbons (Fsp3) is 0.357. The lowest BCUT2D eigenvalue weighted by atomic mass is 9.76. The summed E-state index contributed by atoms with van der Waals surface area (Å²) < 4.78 is 14.8. The van der Waals surface area contributed by atoms with Crippen LogP contribution in [0.3, 0.4) is 0 Å². The average molecular weight is 282 g/mol. The average Bonchev–Trinajstić information content (AvgIpc) is 2.78. The minimum absolute atomic E-state index is 0. The van der Waals surface area contributed by atoms with E-state index >= 15 is 0 Å². The van der Waals surface area contributed by atoms with E-state index in [1.807, 2.05) is 29.2 Å². The van der Waals surface area contributed by atoms with E-state index in [4.69, 9.17) is 5.73 Å². The molecule has 102 valence electrons. The van der Waals surface area contributed by atoms with E-state index in [0.717, 1.165) is 18.4 Å². The molecule has 0 radical (unpaired) electrons. The topological polar surface area (TPSA) is 43.8 Å². The standard InChI is InChI=1S/C14H16FN3.ClH/c15-13-3-1-11(2-4-13)12-5-14(6-12)18-9-10(7-16)8-17-18;/h1-4,8-9,12,14H,5-7,16H2;1H. The highest BCUT2D eigenvalue weighted by atomic mass is 35.5. The molecule has 1 aromatic carbocycles. The maximum atomic E-state index is 12.8. The van der Waals surface area contributed by atoms with E-state index in [1.54, 1.807) is 0 Å². The third-order valence-corrected chi connectivity index (χ3v) is 3.72. The first kappa shape index (κ1) is 14.0. The summed E-state index contributed by atoms with van der Waals surface area (Å²) in [4.78, 5) is 0. The Morgan fingerprint density at radius 2 is 1.95 bits per heavy atom. The van der Waals surface area contributed by atoms with Crippen molar-refractivity contribution in [2.75, 3.05) is 0 Å². The molecule has 2 N–H and O–H groups in total. The van der Waals surface area contributed by atoms with Crippen LogP contribution in [0.2, 0.25) is 0 Å².